The molecule has 3 nitrogen and oxygen atoms in total. The van der Waals surface area contributed by atoms with Gasteiger partial charge in [0.25, 0.3) is 0 Å². The van der Waals surface area contributed by atoms with Crippen molar-refractivity contribution in [3.63, 3.8) is 0 Å². The molecule has 0 aliphatic rings. The second-order valence-corrected chi connectivity index (χ2v) is 4.29. The molecule has 0 spiro atoms. The van der Waals surface area contributed by atoms with Gasteiger partial charge in [-0.05, 0) is 26.0 Å². The van der Waals surface area contributed by atoms with Crippen LogP contribution in [-0.2, 0) is 4.79 Å². The third kappa shape index (κ3) is 5.52. The number of rotatable bonds is 6. The van der Waals surface area contributed by atoms with E-state index in [1.165, 1.54) is 11.1 Å². The van der Waals surface area contributed by atoms with Gasteiger partial charge in [0.15, 0.2) is 0 Å². The van der Waals surface area contributed by atoms with Gasteiger partial charge in [0, 0.05) is 13.0 Å². The zero-order valence-electron chi connectivity index (χ0n) is 11.3. The molecule has 0 aliphatic carbocycles. The van der Waals surface area contributed by atoms with E-state index in [9.17, 15) is 4.79 Å². The minimum atomic E-state index is 0. The average Bonchev–Trinajstić information content (AvgIpc) is 2.34. The van der Waals surface area contributed by atoms with Crippen molar-refractivity contribution in [2.24, 2.45) is 0 Å². The van der Waals surface area contributed by atoms with Gasteiger partial charge in [0.1, 0.15) is 0 Å². The molecule has 0 aliphatic heterocycles. The number of amides is 1. The van der Waals surface area contributed by atoms with Gasteiger partial charge in [-0.1, -0.05) is 36.8 Å². The molecule has 0 saturated carbocycles. The second-order valence-electron chi connectivity index (χ2n) is 4.29. The highest BCUT2D eigenvalue weighted by atomic mass is 35.5. The lowest BCUT2D eigenvalue weighted by atomic mass is 10.0. The first kappa shape index (κ1) is 16.9. The third-order valence-corrected chi connectivity index (χ3v) is 2.83. The number of aryl methyl sites for hydroxylation is 1. The molecule has 0 fully saturated rings. The lowest BCUT2D eigenvalue weighted by Gasteiger charge is -2.17. The highest BCUT2D eigenvalue weighted by molar-refractivity contribution is 5.85. The van der Waals surface area contributed by atoms with Gasteiger partial charge in [-0.25, -0.2) is 0 Å². The summed E-state index contributed by atoms with van der Waals surface area (Å²) in [5.74, 6) is 0.103. The maximum atomic E-state index is 11.7. The SMILES string of the molecule is CCC(NC(=O)CCNC)c1ccc(C)cc1.Cl. The molecule has 2 N–H and O–H groups in total. The van der Waals surface area contributed by atoms with Crippen LogP contribution in [0, 0.1) is 6.92 Å². The van der Waals surface area contributed by atoms with E-state index >= 15 is 0 Å². The summed E-state index contributed by atoms with van der Waals surface area (Å²) in [5, 5.41) is 6.03. The highest BCUT2D eigenvalue weighted by Crippen LogP contribution is 2.17. The molecule has 102 valence electrons. The molecular weight excluding hydrogens is 248 g/mol. The van der Waals surface area contributed by atoms with Crippen LogP contribution in [0.2, 0.25) is 0 Å². The zero-order valence-corrected chi connectivity index (χ0v) is 12.1. The fraction of sp³-hybridized carbons (Fsp3) is 0.500. The highest BCUT2D eigenvalue weighted by Gasteiger charge is 2.11. The number of nitrogens with one attached hydrogen (secondary N) is 2. The topological polar surface area (TPSA) is 41.1 Å². The van der Waals surface area contributed by atoms with E-state index in [1.54, 1.807) is 0 Å². The van der Waals surface area contributed by atoms with Gasteiger partial charge in [0.2, 0.25) is 5.91 Å². The lowest BCUT2D eigenvalue weighted by molar-refractivity contribution is -0.121. The van der Waals surface area contributed by atoms with Crippen molar-refractivity contribution in [2.75, 3.05) is 13.6 Å². The van der Waals surface area contributed by atoms with Crippen molar-refractivity contribution in [1.82, 2.24) is 10.6 Å². The lowest BCUT2D eigenvalue weighted by Crippen LogP contribution is -2.30. The van der Waals surface area contributed by atoms with Crippen LogP contribution < -0.4 is 10.6 Å². The minimum absolute atomic E-state index is 0. The number of benzene rings is 1. The van der Waals surface area contributed by atoms with Gasteiger partial charge < -0.3 is 10.6 Å². The summed E-state index contributed by atoms with van der Waals surface area (Å²) in [6.45, 7) is 4.87. The van der Waals surface area contributed by atoms with Crippen LogP contribution in [0.4, 0.5) is 0 Å². The molecule has 1 atom stereocenters. The van der Waals surface area contributed by atoms with E-state index in [1.807, 2.05) is 7.05 Å². The van der Waals surface area contributed by atoms with E-state index in [0.29, 0.717) is 6.42 Å². The molecule has 1 amide bonds. The molecule has 4 heteroatoms. The Morgan fingerprint density at radius 1 is 1.28 bits per heavy atom. The summed E-state index contributed by atoms with van der Waals surface area (Å²) in [6.07, 6.45) is 1.44. The van der Waals surface area contributed by atoms with Gasteiger partial charge in [-0.15, -0.1) is 12.4 Å². The standard InChI is InChI=1S/C14H22N2O.ClH/c1-4-13(16-14(17)9-10-15-3)12-7-5-11(2)6-8-12;/h5-8,13,15H,4,9-10H2,1-3H3,(H,16,17);1H. The summed E-state index contributed by atoms with van der Waals surface area (Å²) in [7, 11) is 1.85. The van der Waals surface area contributed by atoms with Gasteiger partial charge in [-0.3, -0.25) is 4.79 Å². The molecule has 0 heterocycles. The molecule has 0 aromatic heterocycles. The summed E-state index contributed by atoms with van der Waals surface area (Å²) >= 11 is 0. The monoisotopic (exact) mass is 270 g/mol. The first-order valence-corrected chi connectivity index (χ1v) is 6.18. The number of halogens is 1. The van der Waals surface area contributed by atoms with Crippen molar-refractivity contribution in [3.05, 3.63) is 35.4 Å². The summed E-state index contributed by atoms with van der Waals surface area (Å²) in [6, 6.07) is 8.46. The minimum Gasteiger partial charge on any atom is -0.349 e. The number of carbonyl (C=O) groups is 1. The summed E-state index contributed by atoms with van der Waals surface area (Å²) in [5.41, 5.74) is 2.42. The van der Waals surface area contributed by atoms with E-state index < -0.39 is 0 Å². The first-order valence-electron chi connectivity index (χ1n) is 6.18. The number of hydrogen-bond donors (Lipinski definition) is 2. The van der Waals surface area contributed by atoms with Crippen LogP contribution in [0.3, 0.4) is 0 Å². The van der Waals surface area contributed by atoms with Crippen molar-refractivity contribution in [3.8, 4) is 0 Å². The second kappa shape index (κ2) is 8.95. The third-order valence-electron chi connectivity index (χ3n) is 2.83. The van der Waals surface area contributed by atoms with Crippen molar-refractivity contribution < 1.29 is 4.79 Å². The van der Waals surface area contributed by atoms with Crippen molar-refractivity contribution in [2.45, 2.75) is 32.7 Å². The number of carbonyl (C=O) groups excluding carboxylic acids is 1. The number of hydrogen-bond acceptors (Lipinski definition) is 2. The average molecular weight is 271 g/mol. The quantitative estimate of drug-likeness (QED) is 0.834. The van der Waals surface area contributed by atoms with Crippen LogP contribution in [0.25, 0.3) is 0 Å². The van der Waals surface area contributed by atoms with E-state index in [0.717, 1.165) is 13.0 Å². The summed E-state index contributed by atoms with van der Waals surface area (Å²) < 4.78 is 0. The largest absolute Gasteiger partial charge is 0.349 e. The Hall–Kier alpha value is -1.06. The van der Waals surface area contributed by atoms with Crippen LogP contribution in [-0.4, -0.2) is 19.5 Å². The van der Waals surface area contributed by atoms with E-state index in [-0.39, 0.29) is 24.4 Å². The molecule has 1 aromatic rings. The first-order chi connectivity index (χ1) is 8.17. The predicted octanol–water partition coefficient (Wildman–Crippen LogP) is 2.59. The normalized spacial score (nSPS) is 11.5. The Balaban J connectivity index is 0.00000289. The van der Waals surface area contributed by atoms with Gasteiger partial charge in [0.05, 0.1) is 6.04 Å². The molecular formula is C14H23ClN2O. The molecule has 1 unspecified atom stereocenters. The Bertz CT molecular complexity index is 351. The molecule has 1 aromatic carbocycles. The van der Waals surface area contributed by atoms with E-state index in [2.05, 4.69) is 48.7 Å². The molecule has 18 heavy (non-hydrogen) atoms. The molecule has 0 saturated heterocycles. The fourth-order valence-corrected chi connectivity index (χ4v) is 1.72. The maximum Gasteiger partial charge on any atom is 0.221 e. The predicted molar refractivity (Wildman–Crippen MR) is 78.1 cm³/mol. The molecule has 0 bridgehead atoms. The van der Waals surface area contributed by atoms with E-state index in [4.69, 9.17) is 0 Å². The Labute approximate surface area is 116 Å². The summed E-state index contributed by atoms with van der Waals surface area (Å²) in [4.78, 5) is 11.7. The van der Waals surface area contributed by atoms with Crippen LogP contribution in [0.1, 0.15) is 36.9 Å². The smallest absolute Gasteiger partial charge is 0.221 e. The maximum absolute atomic E-state index is 11.7. The Kier molecular flexibility index (Phi) is 8.42. The van der Waals surface area contributed by atoms with Crippen LogP contribution in [0.5, 0.6) is 0 Å². The van der Waals surface area contributed by atoms with Gasteiger partial charge in [-0.2, -0.15) is 0 Å². The molecule has 0 radical (unpaired) electrons. The Morgan fingerprint density at radius 2 is 1.89 bits per heavy atom. The van der Waals surface area contributed by atoms with Crippen LogP contribution >= 0.6 is 12.4 Å². The zero-order chi connectivity index (χ0) is 12.7. The fourth-order valence-electron chi connectivity index (χ4n) is 1.72. The van der Waals surface area contributed by atoms with Crippen LogP contribution in [0.15, 0.2) is 24.3 Å². The van der Waals surface area contributed by atoms with Crippen molar-refractivity contribution >= 4 is 18.3 Å². The van der Waals surface area contributed by atoms with Crippen molar-refractivity contribution in [1.29, 1.82) is 0 Å². The van der Waals surface area contributed by atoms with Gasteiger partial charge >= 0.3 is 0 Å². The molecule has 1 rings (SSSR count). The Morgan fingerprint density at radius 3 is 2.39 bits per heavy atom.